The van der Waals surface area contributed by atoms with E-state index in [4.69, 9.17) is 4.74 Å². The molecular formula is C15H20BrFO. The summed E-state index contributed by atoms with van der Waals surface area (Å²) in [5, 5.41) is 0. The van der Waals surface area contributed by atoms with Crippen molar-refractivity contribution >= 4 is 15.9 Å². The molecule has 0 amide bonds. The van der Waals surface area contributed by atoms with Gasteiger partial charge in [0.2, 0.25) is 0 Å². The normalized spacial score (nSPS) is 22.6. The predicted molar refractivity (Wildman–Crippen MR) is 75.7 cm³/mol. The maximum atomic E-state index is 13.7. The van der Waals surface area contributed by atoms with Crippen molar-refractivity contribution in [2.75, 3.05) is 7.11 Å². The zero-order valence-electron chi connectivity index (χ0n) is 11.6. The summed E-state index contributed by atoms with van der Waals surface area (Å²) < 4.78 is 18.7. The van der Waals surface area contributed by atoms with Crippen LogP contribution in [0.25, 0.3) is 0 Å². The third-order valence-electron chi connectivity index (χ3n) is 4.92. The Morgan fingerprint density at radius 3 is 2.17 bits per heavy atom. The third-order valence-corrected chi connectivity index (χ3v) is 5.98. The first-order chi connectivity index (χ1) is 8.23. The van der Waals surface area contributed by atoms with Crippen LogP contribution in [0, 0.1) is 22.6 Å². The van der Waals surface area contributed by atoms with Gasteiger partial charge in [-0.3, -0.25) is 0 Å². The van der Waals surface area contributed by atoms with E-state index < -0.39 is 0 Å². The van der Waals surface area contributed by atoms with Crippen molar-refractivity contribution in [3.05, 3.63) is 29.6 Å². The van der Waals surface area contributed by atoms with Gasteiger partial charge in [-0.1, -0.05) is 49.7 Å². The molecule has 0 N–H and O–H groups in total. The van der Waals surface area contributed by atoms with Crippen molar-refractivity contribution in [1.29, 1.82) is 0 Å². The Morgan fingerprint density at radius 2 is 1.78 bits per heavy atom. The van der Waals surface area contributed by atoms with Crippen LogP contribution >= 0.6 is 15.9 Å². The number of ether oxygens (including phenoxy) is 1. The lowest BCUT2D eigenvalue weighted by Gasteiger charge is -2.13. The van der Waals surface area contributed by atoms with Crippen LogP contribution in [0.2, 0.25) is 0 Å². The Kier molecular flexibility index (Phi) is 3.25. The first kappa shape index (κ1) is 13.9. The first-order valence-electron chi connectivity index (χ1n) is 6.21. The highest BCUT2D eigenvalue weighted by molar-refractivity contribution is 9.09. The van der Waals surface area contributed by atoms with Crippen molar-refractivity contribution in [3.8, 4) is 5.75 Å². The van der Waals surface area contributed by atoms with Gasteiger partial charge in [0.1, 0.15) is 0 Å². The standard InChI is InChI=1S/C15H20BrFO/c1-14(2)13(15(14,3)4)12(16)9-6-7-11(18-5)10(17)8-9/h6-8,12-13H,1-5H3. The number of hydrogen-bond donors (Lipinski definition) is 0. The molecule has 0 aliphatic heterocycles. The number of rotatable bonds is 3. The molecule has 0 radical (unpaired) electrons. The molecule has 1 saturated carbocycles. The number of alkyl halides is 1. The molecule has 2 rings (SSSR count). The van der Waals surface area contributed by atoms with Gasteiger partial charge in [0.15, 0.2) is 11.6 Å². The summed E-state index contributed by atoms with van der Waals surface area (Å²) in [4.78, 5) is 0.183. The monoisotopic (exact) mass is 314 g/mol. The number of hydrogen-bond acceptors (Lipinski definition) is 1. The number of halogens is 2. The van der Waals surface area contributed by atoms with Crippen LogP contribution in [0.1, 0.15) is 38.1 Å². The Hall–Kier alpha value is -0.570. The molecule has 0 heterocycles. The van der Waals surface area contributed by atoms with Gasteiger partial charge in [-0.25, -0.2) is 4.39 Å². The van der Waals surface area contributed by atoms with Gasteiger partial charge >= 0.3 is 0 Å². The fourth-order valence-electron chi connectivity index (χ4n) is 3.03. The van der Waals surface area contributed by atoms with Gasteiger partial charge in [-0.2, -0.15) is 0 Å². The lowest BCUT2D eigenvalue weighted by Crippen LogP contribution is -2.00. The maximum absolute atomic E-state index is 13.7. The molecule has 1 nitrogen and oxygen atoms in total. The van der Waals surface area contributed by atoms with E-state index in [0.717, 1.165) is 5.56 Å². The van der Waals surface area contributed by atoms with Crippen LogP contribution in [-0.2, 0) is 0 Å². The molecule has 1 atom stereocenters. The van der Waals surface area contributed by atoms with Crippen molar-refractivity contribution in [3.63, 3.8) is 0 Å². The van der Waals surface area contributed by atoms with E-state index in [2.05, 4.69) is 43.6 Å². The van der Waals surface area contributed by atoms with E-state index in [1.54, 1.807) is 12.1 Å². The fourth-order valence-corrected chi connectivity index (χ4v) is 4.63. The minimum atomic E-state index is -0.296. The average molecular weight is 315 g/mol. The van der Waals surface area contributed by atoms with Crippen LogP contribution in [0.3, 0.4) is 0 Å². The van der Waals surface area contributed by atoms with E-state index in [1.807, 2.05) is 6.07 Å². The average Bonchev–Trinajstić information content (AvgIpc) is 2.68. The summed E-state index contributed by atoms with van der Waals surface area (Å²) in [6.45, 7) is 9.08. The third kappa shape index (κ3) is 1.87. The topological polar surface area (TPSA) is 9.23 Å². The van der Waals surface area contributed by atoms with Crippen LogP contribution in [0.4, 0.5) is 4.39 Å². The van der Waals surface area contributed by atoms with Crippen LogP contribution in [0.5, 0.6) is 5.75 Å². The summed E-state index contributed by atoms with van der Waals surface area (Å²) in [6.07, 6.45) is 0. The van der Waals surface area contributed by atoms with E-state index in [1.165, 1.54) is 7.11 Å². The first-order valence-corrected chi connectivity index (χ1v) is 7.12. The van der Waals surface area contributed by atoms with Crippen LogP contribution in [-0.4, -0.2) is 7.11 Å². The molecule has 0 spiro atoms. The Labute approximate surface area is 117 Å². The fraction of sp³-hybridized carbons (Fsp3) is 0.600. The van der Waals surface area contributed by atoms with Gasteiger partial charge in [0.05, 0.1) is 7.11 Å². The van der Waals surface area contributed by atoms with E-state index in [-0.39, 0.29) is 21.5 Å². The summed E-state index contributed by atoms with van der Waals surface area (Å²) in [7, 11) is 1.48. The van der Waals surface area contributed by atoms with Gasteiger partial charge in [-0.15, -0.1) is 0 Å². The summed E-state index contributed by atoms with van der Waals surface area (Å²) in [5.41, 5.74) is 1.53. The molecule has 100 valence electrons. The van der Waals surface area contributed by atoms with Gasteiger partial charge in [0, 0.05) is 4.83 Å². The largest absolute Gasteiger partial charge is 0.494 e. The molecular weight excluding hydrogens is 295 g/mol. The minimum absolute atomic E-state index is 0.183. The van der Waals surface area contributed by atoms with E-state index >= 15 is 0 Å². The highest BCUT2D eigenvalue weighted by Gasteiger charge is 2.66. The van der Waals surface area contributed by atoms with Gasteiger partial charge < -0.3 is 4.74 Å². The van der Waals surface area contributed by atoms with Gasteiger partial charge in [0.25, 0.3) is 0 Å². The predicted octanol–water partition coefficient (Wildman–Crippen LogP) is 4.95. The molecule has 1 aliphatic rings. The van der Waals surface area contributed by atoms with Crippen molar-refractivity contribution in [1.82, 2.24) is 0 Å². The summed E-state index contributed by atoms with van der Waals surface area (Å²) in [6, 6.07) is 5.20. The van der Waals surface area contributed by atoms with Crippen LogP contribution in [0.15, 0.2) is 18.2 Å². The van der Waals surface area contributed by atoms with Gasteiger partial charge in [-0.05, 0) is 34.4 Å². The molecule has 0 aromatic heterocycles. The Balaban J connectivity index is 2.26. The highest BCUT2D eigenvalue weighted by atomic mass is 79.9. The number of methoxy groups -OCH3 is 1. The minimum Gasteiger partial charge on any atom is -0.494 e. The zero-order chi connectivity index (χ0) is 13.7. The summed E-state index contributed by atoms with van der Waals surface area (Å²) >= 11 is 3.74. The van der Waals surface area contributed by atoms with Crippen molar-refractivity contribution < 1.29 is 9.13 Å². The second-order valence-corrected chi connectivity index (χ2v) is 7.20. The lowest BCUT2D eigenvalue weighted by atomic mass is 10.0. The Bertz CT molecular complexity index is 454. The molecule has 3 heteroatoms. The second-order valence-electron chi connectivity index (χ2n) is 6.22. The van der Waals surface area contributed by atoms with Crippen molar-refractivity contribution in [2.45, 2.75) is 32.5 Å². The molecule has 1 fully saturated rings. The molecule has 18 heavy (non-hydrogen) atoms. The van der Waals surface area contributed by atoms with E-state index in [0.29, 0.717) is 11.7 Å². The maximum Gasteiger partial charge on any atom is 0.165 e. The van der Waals surface area contributed by atoms with E-state index in [9.17, 15) is 4.39 Å². The molecule has 0 bridgehead atoms. The van der Waals surface area contributed by atoms with Crippen molar-refractivity contribution in [2.24, 2.45) is 16.7 Å². The molecule has 1 aromatic rings. The molecule has 1 unspecified atom stereocenters. The molecule has 0 saturated heterocycles. The lowest BCUT2D eigenvalue weighted by molar-refractivity contribution is 0.386. The second kappa shape index (κ2) is 4.22. The molecule has 1 aromatic carbocycles. The highest BCUT2D eigenvalue weighted by Crippen LogP contribution is 2.73. The number of benzene rings is 1. The zero-order valence-corrected chi connectivity index (χ0v) is 13.1. The molecule has 1 aliphatic carbocycles. The smallest absolute Gasteiger partial charge is 0.165 e. The quantitative estimate of drug-likeness (QED) is 0.717. The SMILES string of the molecule is COc1ccc(C(Br)C2C(C)(C)C2(C)C)cc1F. The Morgan fingerprint density at radius 1 is 1.22 bits per heavy atom. The summed E-state index contributed by atoms with van der Waals surface area (Å²) in [5.74, 6) is 0.515. The van der Waals surface area contributed by atoms with Crippen LogP contribution < -0.4 is 4.74 Å².